The standard InChI is InChI=1S/C15H15NO/c1-10-7-8-12(11(2)9-10)13-5-3-4-6-14(13)15(16)17/h3-9H,1-2H3,(H2,16,17). The maximum absolute atomic E-state index is 11.4. The molecule has 2 N–H and O–H groups in total. The van der Waals surface area contributed by atoms with Gasteiger partial charge in [0, 0.05) is 5.56 Å². The Morgan fingerprint density at radius 2 is 1.71 bits per heavy atom. The van der Waals surface area contributed by atoms with Gasteiger partial charge in [-0.2, -0.15) is 0 Å². The number of rotatable bonds is 2. The zero-order valence-electron chi connectivity index (χ0n) is 10.0. The third-order valence-electron chi connectivity index (χ3n) is 2.86. The first kappa shape index (κ1) is 11.4. The molecule has 0 aliphatic heterocycles. The molecular formula is C15H15NO. The average Bonchev–Trinajstić information content (AvgIpc) is 2.29. The van der Waals surface area contributed by atoms with Gasteiger partial charge in [-0.3, -0.25) is 4.79 Å². The van der Waals surface area contributed by atoms with Crippen molar-refractivity contribution in [2.45, 2.75) is 13.8 Å². The molecule has 2 aromatic carbocycles. The maximum Gasteiger partial charge on any atom is 0.249 e. The summed E-state index contributed by atoms with van der Waals surface area (Å²) in [6, 6.07) is 13.6. The summed E-state index contributed by atoms with van der Waals surface area (Å²) in [7, 11) is 0. The van der Waals surface area contributed by atoms with Gasteiger partial charge in [-0.05, 0) is 36.6 Å². The molecule has 0 saturated carbocycles. The summed E-state index contributed by atoms with van der Waals surface area (Å²) in [6.07, 6.45) is 0. The molecule has 2 aromatic rings. The minimum atomic E-state index is -0.388. The summed E-state index contributed by atoms with van der Waals surface area (Å²) in [5.41, 5.74) is 10.3. The first-order valence-corrected chi connectivity index (χ1v) is 5.56. The predicted molar refractivity (Wildman–Crippen MR) is 69.9 cm³/mol. The van der Waals surface area contributed by atoms with E-state index in [1.807, 2.05) is 37.3 Å². The van der Waals surface area contributed by atoms with Crippen LogP contribution < -0.4 is 5.73 Å². The van der Waals surface area contributed by atoms with Crippen molar-refractivity contribution in [1.82, 2.24) is 0 Å². The largest absolute Gasteiger partial charge is 0.366 e. The Morgan fingerprint density at radius 1 is 1.00 bits per heavy atom. The molecule has 2 heteroatoms. The molecule has 0 fully saturated rings. The zero-order chi connectivity index (χ0) is 12.4. The minimum absolute atomic E-state index is 0.388. The van der Waals surface area contributed by atoms with Gasteiger partial charge in [0.25, 0.3) is 0 Å². The lowest BCUT2D eigenvalue weighted by atomic mass is 9.94. The van der Waals surface area contributed by atoms with E-state index in [0.717, 1.165) is 16.7 Å². The van der Waals surface area contributed by atoms with Gasteiger partial charge in [-0.1, -0.05) is 42.0 Å². The van der Waals surface area contributed by atoms with Crippen LogP contribution in [0.3, 0.4) is 0 Å². The second-order valence-corrected chi connectivity index (χ2v) is 4.23. The number of carbonyl (C=O) groups is 1. The van der Waals surface area contributed by atoms with E-state index in [4.69, 9.17) is 5.73 Å². The Bertz CT molecular complexity index is 573. The molecule has 86 valence electrons. The van der Waals surface area contributed by atoms with Crippen molar-refractivity contribution in [2.75, 3.05) is 0 Å². The Hall–Kier alpha value is -2.09. The van der Waals surface area contributed by atoms with Crippen LogP contribution in [-0.4, -0.2) is 5.91 Å². The zero-order valence-corrected chi connectivity index (χ0v) is 10.0. The summed E-state index contributed by atoms with van der Waals surface area (Å²) in [4.78, 5) is 11.4. The Labute approximate surface area is 101 Å². The normalized spacial score (nSPS) is 10.2. The molecule has 2 nitrogen and oxygen atoms in total. The number of aryl methyl sites for hydroxylation is 2. The van der Waals surface area contributed by atoms with Crippen LogP contribution >= 0.6 is 0 Å². The lowest BCUT2D eigenvalue weighted by molar-refractivity contribution is 0.100. The second kappa shape index (κ2) is 4.42. The Morgan fingerprint density at radius 3 is 2.35 bits per heavy atom. The molecule has 0 heterocycles. The first-order chi connectivity index (χ1) is 8.09. The molecule has 17 heavy (non-hydrogen) atoms. The van der Waals surface area contributed by atoms with Gasteiger partial charge < -0.3 is 5.73 Å². The van der Waals surface area contributed by atoms with Crippen molar-refractivity contribution in [3.8, 4) is 11.1 Å². The second-order valence-electron chi connectivity index (χ2n) is 4.23. The molecule has 0 aliphatic carbocycles. The molecule has 0 radical (unpaired) electrons. The fraction of sp³-hybridized carbons (Fsp3) is 0.133. The highest BCUT2D eigenvalue weighted by atomic mass is 16.1. The van der Waals surface area contributed by atoms with E-state index in [1.165, 1.54) is 5.56 Å². The van der Waals surface area contributed by atoms with Crippen LogP contribution in [0, 0.1) is 13.8 Å². The molecular weight excluding hydrogens is 210 g/mol. The van der Waals surface area contributed by atoms with Crippen LogP contribution in [0.2, 0.25) is 0 Å². The molecule has 1 amide bonds. The van der Waals surface area contributed by atoms with Crippen molar-refractivity contribution in [1.29, 1.82) is 0 Å². The SMILES string of the molecule is Cc1ccc(-c2ccccc2C(N)=O)c(C)c1. The number of benzene rings is 2. The third kappa shape index (κ3) is 2.21. The molecule has 0 atom stereocenters. The average molecular weight is 225 g/mol. The third-order valence-corrected chi connectivity index (χ3v) is 2.86. The van der Waals surface area contributed by atoms with E-state index in [0.29, 0.717) is 5.56 Å². The van der Waals surface area contributed by atoms with Crippen LogP contribution in [0.15, 0.2) is 42.5 Å². The van der Waals surface area contributed by atoms with E-state index in [2.05, 4.69) is 13.0 Å². The monoisotopic (exact) mass is 225 g/mol. The fourth-order valence-corrected chi connectivity index (χ4v) is 2.05. The highest BCUT2D eigenvalue weighted by Crippen LogP contribution is 2.27. The van der Waals surface area contributed by atoms with Gasteiger partial charge in [0.15, 0.2) is 0 Å². The van der Waals surface area contributed by atoms with Crippen LogP contribution in [0.5, 0.6) is 0 Å². The summed E-state index contributed by atoms with van der Waals surface area (Å²) < 4.78 is 0. The van der Waals surface area contributed by atoms with Gasteiger partial charge in [-0.15, -0.1) is 0 Å². The lowest BCUT2D eigenvalue weighted by Gasteiger charge is -2.10. The molecule has 0 aromatic heterocycles. The first-order valence-electron chi connectivity index (χ1n) is 5.56. The van der Waals surface area contributed by atoms with E-state index in [9.17, 15) is 4.79 Å². The van der Waals surface area contributed by atoms with Crippen LogP contribution in [-0.2, 0) is 0 Å². The van der Waals surface area contributed by atoms with Gasteiger partial charge in [0.2, 0.25) is 5.91 Å². The number of primary amides is 1. The molecule has 0 bridgehead atoms. The van der Waals surface area contributed by atoms with Gasteiger partial charge in [-0.25, -0.2) is 0 Å². The maximum atomic E-state index is 11.4. The van der Waals surface area contributed by atoms with Gasteiger partial charge in [0.1, 0.15) is 0 Å². The highest BCUT2D eigenvalue weighted by Gasteiger charge is 2.10. The number of hydrogen-bond donors (Lipinski definition) is 1. The minimum Gasteiger partial charge on any atom is -0.366 e. The number of amides is 1. The van der Waals surface area contributed by atoms with Crippen LogP contribution in [0.4, 0.5) is 0 Å². The highest BCUT2D eigenvalue weighted by molar-refractivity contribution is 6.00. The summed E-state index contributed by atoms with van der Waals surface area (Å²) in [5.74, 6) is -0.388. The van der Waals surface area contributed by atoms with Crippen LogP contribution in [0.1, 0.15) is 21.5 Å². The summed E-state index contributed by atoms with van der Waals surface area (Å²) >= 11 is 0. The lowest BCUT2D eigenvalue weighted by Crippen LogP contribution is -2.12. The van der Waals surface area contributed by atoms with Crippen molar-refractivity contribution in [3.05, 3.63) is 59.2 Å². The van der Waals surface area contributed by atoms with E-state index < -0.39 is 0 Å². The number of hydrogen-bond acceptors (Lipinski definition) is 1. The molecule has 0 saturated heterocycles. The number of nitrogens with two attached hydrogens (primary N) is 1. The quantitative estimate of drug-likeness (QED) is 0.838. The summed E-state index contributed by atoms with van der Waals surface area (Å²) in [5, 5.41) is 0. The molecule has 0 unspecified atom stereocenters. The fourth-order valence-electron chi connectivity index (χ4n) is 2.05. The van der Waals surface area contributed by atoms with Crippen molar-refractivity contribution in [2.24, 2.45) is 5.73 Å². The number of carbonyl (C=O) groups excluding carboxylic acids is 1. The topological polar surface area (TPSA) is 43.1 Å². The smallest absolute Gasteiger partial charge is 0.249 e. The van der Waals surface area contributed by atoms with E-state index >= 15 is 0 Å². The molecule has 0 spiro atoms. The summed E-state index contributed by atoms with van der Waals surface area (Å²) in [6.45, 7) is 4.09. The van der Waals surface area contributed by atoms with E-state index in [1.54, 1.807) is 6.07 Å². The molecule has 0 aliphatic rings. The van der Waals surface area contributed by atoms with E-state index in [-0.39, 0.29) is 5.91 Å². The Balaban J connectivity index is 2.64. The van der Waals surface area contributed by atoms with Crippen molar-refractivity contribution < 1.29 is 4.79 Å². The van der Waals surface area contributed by atoms with Crippen LogP contribution in [0.25, 0.3) is 11.1 Å². The Kier molecular flexibility index (Phi) is 2.96. The van der Waals surface area contributed by atoms with Gasteiger partial charge in [0.05, 0.1) is 0 Å². The molecule has 2 rings (SSSR count). The van der Waals surface area contributed by atoms with Crippen molar-refractivity contribution in [3.63, 3.8) is 0 Å². The van der Waals surface area contributed by atoms with Gasteiger partial charge >= 0.3 is 0 Å². The van der Waals surface area contributed by atoms with Crippen molar-refractivity contribution >= 4 is 5.91 Å². The predicted octanol–water partition coefficient (Wildman–Crippen LogP) is 3.07.